The van der Waals surface area contributed by atoms with Gasteiger partial charge in [-0.3, -0.25) is 9.59 Å². The minimum atomic E-state index is -0.855. The number of aliphatic carboxylic acids is 1. The van der Waals surface area contributed by atoms with Crippen molar-refractivity contribution in [1.29, 1.82) is 0 Å². The van der Waals surface area contributed by atoms with Crippen LogP contribution in [0.3, 0.4) is 0 Å². The second-order valence-corrected chi connectivity index (χ2v) is 4.01. The zero-order chi connectivity index (χ0) is 12.7. The number of hydrogen-bond donors (Lipinski definition) is 2. The molecule has 5 nitrogen and oxygen atoms in total. The van der Waals surface area contributed by atoms with Crippen molar-refractivity contribution in [3.63, 3.8) is 0 Å². The molecule has 0 unspecified atom stereocenters. The molecule has 1 amide bonds. The summed E-state index contributed by atoms with van der Waals surface area (Å²) in [7, 11) is 1.74. The highest BCUT2D eigenvalue weighted by atomic mass is 16.4. The predicted molar refractivity (Wildman–Crippen MR) is 63.6 cm³/mol. The summed E-state index contributed by atoms with van der Waals surface area (Å²) in [5.41, 5.74) is 1.09. The van der Waals surface area contributed by atoms with Gasteiger partial charge in [0.05, 0.1) is 0 Å². The normalized spacial score (nSPS) is 10.2. The number of hydrogen-bond acceptors (Lipinski definition) is 2. The Morgan fingerprint density at radius 1 is 1.41 bits per heavy atom. The molecule has 0 saturated heterocycles. The molecule has 0 aliphatic heterocycles. The van der Waals surface area contributed by atoms with Crippen molar-refractivity contribution in [1.82, 2.24) is 9.88 Å². The molecule has 0 bridgehead atoms. The van der Waals surface area contributed by atoms with Crippen molar-refractivity contribution < 1.29 is 14.7 Å². The first kappa shape index (κ1) is 13.3. The first-order valence-electron chi connectivity index (χ1n) is 5.67. The zero-order valence-electron chi connectivity index (χ0n) is 9.98. The largest absolute Gasteiger partial charge is 0.481 e. The smallest absolute Gasteiger partial charge is 0.303 e. The van der Waals surface area contributed by atoms with Gasteiger partial charge < -0.3 is 15.0 Å². The molecular formula is C12H18N2O3. The summed E-state index contributed by atoms with van der Waals surface area (Å²) in [5, 5.41) is 8.46. The van der Waals surface area contributed by atoms with E-state index in [1.165, 1.54) is 0 Å². The van der Waals surface area contributed by atoms with E-state index >= 15 is 0 Å². The average molecular weight is 238 g/mol. The molecule has 1 rings (SSSR count). The number of carbonyl (C=O) groups is 2. The average Bonchev–Trinajstić information content (AvgIpc) is 2.78. The monoisotopic (exact) mass is 238 g/mol. The van der Waals surface area contributed by atoms with E-state index in [0.29, 0.717) is 19.4 Å². The molecule has 0 aliphatic carbocycles. The molecule has 0 atom stereocenters. The van der Waals surface area contributed by atoms with Crippen LogP contribution < -0.4 is 0 Å². The van der Waals surface area contributed by atoms with Crippen molar-refractivity contribution in [3.8, 4) is 0 Å². The van der Waals surface area contributed by atoms with E-state index in [2.05, 4.69) is 4.98 Å². The summed E-state index contributed by atoms with van der Waals surface area (Å²) in [5.74, 6) is -0.857. The number of H-pyrrole nitrogens is 1. The van der Waals surface area contributed by atoms with Crippen LogP contribution in [-0.4, -0.2) is 40.5 Å². The van der Waals surface area contributed by atoms with Gasteiger partial charge >= 0.3 is 5.97 Å². The molecule has 5 heteroatoms. The van der Waals surface area contributed by atoms with E-state index < -0.39 is 5.97 Å². The number of aromatic amines is 1. The fourth-order valence-electron chi connectivity index (χ4n) is 1.52. The van der Waals surface area contributed by atoms with Crippen LogP contribution in [0.2, 0.25) is 0 Å². The number of nitrogens with zero attached hydrogens (tertiary/aromatic N) is 1. The first-order chi connectivity index (χ1) is 8.09. The summed E-state index contributed by atoms with van der Waals surface area (Å²) in [6.45, 7) is 0.645. The molecule has 1 aromatic rings. The third-order valence-corrected chi connectivity index (χ3v) is 2.59. The molecule has 94 valence electrons. The summed E-state index contributed by atoms with van der Waals surface area (Å²) in [4.78, 5) is 26.6. The maximum Gasteiger partial charge on any atom is 0.303 e. The van der Waals surface area contributed by atoms with Crippen LogP contribution in [-0.2, 0) is 16.0 Å². The highest BCUT2D eigenvalue weighted by Gasteiger charge is 2.09. The second kappa shape index (κ2) is 6.73. The maximum atomic E-state index is 11.6. The van der Waals surface area contributed by atoms with E-state index in [9.17, 15) is 9.59 Å². The third-order valence-electron chi connectivity index (χ3n) is 2.59. The van der Waals surface area contributed by atoms with Crippen molar-refractivity contribution >= 4 is 11.9 Å². The number of carbonyl (C=O) groups excluding carboxylic acids is 1. The number of carboxylic acid groups (broad SMARTS) is 1. The van der Waals surface area contributed by atoms with Gasteiger partial charge in [-0.2, -0.15) is 0 Å². The van der Waals surface area contributed by atoms with E-state index in [0.717, 1.165) is 12.1 Å². The molecule has 2 N–H and O–H groups in total. The Morgan fingerprint density at radius 2 is 2.18 bits per heavy atom. The molecule has 1 heterocycles. The van der Waals surface area contributed by atoms with Crippen molar-refractivity contribution in [2.45, 2.75) is 25.7 Å². The van der Waals surface area contributed by atoms with Gasteiger partial charge in [0.15, 0.2) is 0 Å². The SMILES string of the molecule is CN(CCc1ccc[nH]1)C(=O)CCCC(=O)O. The summed E-state index contributed by atoms with van der Waals surface area (Å²) >= 11 is 0. The fourth-order valence-corrected chi connectivity index (χ4v) is 1.52. The Morgan fingerprint density at radius 3 is 2.76 bits per heavy atom. The number of rotatable bonds is 7. The Labute approximate surface area is 100 Å². The van der Waals surface area contributed by atoms with Crippen LogP contribution >= 0.6 is 0 Å². The van der Waals surface area contributed by atoms with E-state index in [4.69, 9.17) is 5.11 Å². The highest BCUT2D eigenvalue weighted by molar-refractivity contribution is 5.76. The van der Waals surface area contributed by atoms with Crippen LogP contribution in [0.5, 0.6) is 0 Å². The van der Waals surface area contributed by atoms with E-state index in [-0.39, 0.29) is 12.3 Å². The predicted octanol–water partition coefficient (Wildman–Crippen LogP) is 1.27. The Balaban J connectivity index is 2.20. The first-order valence-corrected chi connectivity index (χ1v) is 5.67. The lowest BCUT2D eigenvalue weighted by atomic mass is 10.2. The number of aromatic nitrogens is 1. The van der Waals surface area contributed by atoms with Gasteiger partial charge in [0, 0.05) is 44.7 Å². The molecule has 0 aromatic carbocycles. The van der Waals surface area contributed by atoms with Crippen LogP contribution in [0.1, 0.15) is 25.0 Å². The standard InChI is InChI=1S/C12H18N2O3/c1-14(9-7-10-4-3-8-13-10)11(15)5-2-6-12(16)17/h3-4,8,13H,2,5-7,9H2,1H3,(H,16,17). The zero-order valence-corrected chi connectivity index (χ0v) is 9.98. The molecule has 0 aliphatic rings. The van der Waals surface area contributed by atoms with Crippen LogP contribution in [0.15, 0.2) is 18.3 Å². The third kappa shape index (κ3) is 5.19. The highest BCUT2D eigenvalue weighted by Crippen LogP contribution is 2.02. The number of carboxylic acids is 1. The summed E-state index contributed by atoms with van der Waals surface area (Å²) in [6.07, 6.45) is 3.39. The molecule has 1 aromatic heterocycles. The quantitative estimate of drug-likeness (QED) is 0.751. The van der Waals surface area contributed by atoms with Gasteiger partial charge in [-0.05, 0) is 18.6 Å². The lowest BCUT2D eigenvalue weighted by Gasteiger charge is -2.16. The lowest BCUT2D eigenvalue weighted by Crippen LogP contribution is -2.28. The number of nitrogens with one attached hydrogen (secondary N) is 1. The van der Waals surface area contributed by atoms with E-state index in [1.807, 2.05) is 18.3 Å². The van der Waals surface area contributed by atoms with Crippen LogP contribution in [0.25, 0.3) is 0 Å². The molecule has 0 radical (unpaired) electrons. The van der Waals surface area contributed by atoms with Gasteiger partial charge in [0.1, 0.15) is 0 Å². The minimum absolute atomic E-state index is 0.00203. The second-order valence-electron chi connectivity index (χ2n) is 4.01. The number of amides is 1. The number of likely N-dealkylation sites (N-methyl/N-ethyl adjacent to an activating group) is 1. The Hall–Kier alpha value is -1.78. The molecule has 0 fully saturated rings. The van der Waals surface area contributed by atoms with Crippen molar-refractivity contribution in [2.75, 3.05) is 13.6 Å². The Bertz CT molecular complexity index is 360. The molecule has 0 saturated carbocycles. The van der Waals surface area contributed by atoms with Crippen molar-refractivity contribution in [3.05, 3.63) is 24.0 Å². The minimum Gasteiger partial charge on any atom is -0.481 e. The topological polar surface area (TPSA) is 73.4 Å². The van der Waals surface area contributed by atoms with Gasteiger partial charge in [-0.15, -0.1) is 0 Å². The lowest BCUT2D eigenvalue weighted by molar-refractivity contribution is -0.137. The maximum absolute atomic E-state index is 11.6. The van der Waals surface area contributed by atoms with Crippen molar-refractivity contribution in [2.24, 2.45) is 0 Å². The van der Waals surface area contributed by atoms with Gasteiger partial charge in [-0.1, -0.05) is 0 Å². The van der Waals surface area contributed by atoms with Gasteiger partial charge in [0.2, 0.25) is 5.91 Å². The van der Waals surface area contributed by atoms with Crippen LogP contribution in [0.4, 0.5) is 0 Å². The molecule has 0 spiro atoms. The summed E-state index contributed by atoms with van der Waals surface area (Å²) in [6, 6.07) is 3.90. The Kier molecular flexibility index (Phi) is 5.26. The van der Waals surface area contributed by atoms with Crippen LogP contribution in [0, 0.1) is 0 Å². The molecular weight excluding hydrogens is 220 g/mol. The van der Waals surface area contributed by atoms with Gasteiger partial charge in [0.25, 0.3) is 0 Å². The summed E-state index contributed by atoms with van der Waals surface area (Å²) < 4.78 is 0. The van der Waals surface area contributed by atoms with Gasteiger partial charge in [-0.25, -0.2) is 0 Å². The molecule has 17 heavy (non-hydrogen) atoms. The van der Waals surface area contributed by atoms with E-state index in [1.54, 1.807) is 11.9 Å². The fraction of sp³-hybridized carbons (Fsp3) is 0.500.